The van der Waals surface area contributed by atoms with Crippen LogP contribution in [-0.2, 0) is 9.59 Å². The average Bonchev–Trinajstić information content (AvgIpc) is 3.29. The molecule has 5 nitrogen and oxygen atoms in total. The molecule has 5 heteroatoms. The zero-order chi connectivity index (χ0) is 21.3. The molecule has 1 saturated carbocycles. The number of aromatic amines is 1. The lowest BCUT2D eigenvalue weighted by atomic mass is 9.58. The van der Waals surface area contributed by atoms with E-state index in [0.717, 1.165) is 24.1 Å². The van der Waals surface area contributed by atoms with Gasteiger partial charge in [0.2, 0.25) is 11.8 Å². The molecule has 31 heavy (non-hydrogen) atoms. The van der Waals surface area contributed by atoms with Crippen LogP contribution in [0.15, 0.2) is 48.5 Å². The molecule has 0 radical (unpaired) electrons. The van der Waals surface area contributed by atoms with E-state index in [2.05, 4.69) is 30.1 Å². The van der Waals surface area contributed by atoms with E-state index in [0.29, 0.717) is 23.3 Å². The third kappa shape index (κ3) is 2.49. The summed E-state index contributed by atoms with van der Waals surface area (Å²) >= 11 is 0. The number of carbonyl (C=O) groups is 2. The van der Waals surface area contributed by atoms with E-state index in [4.69, 9.17) is 4.74 Å². The molecular formula is C26H26N2O3. The molecule has 2 fully saturated rings. The number of nitrogens with zero attached hydrogens (tertiary/aromatic N) is 1. The van der Waals surface area contributed by atoms with E-state index in [9.17, 15) is 9.59 Å². The van der Waals surface area contributed by atoms with E-state index >= 15 is 0 Å². The predicted molar refractivity (Wildman–Crippen MR) is 119 cm³/mol. The van der Waals surface area contributed by atoms with Crippen molar-refractivity contribution in [2.45, 2.75) is 38.0 Å². The fraction of sp³-hybridized carbons (Fsp3) is 0.385. The van der Waals surface area contributed by atoms with Gasteiger partial charge >= 0.3 is 0 Å². The number of methoxy groups -OCH3 is 1. The summed E-state index contributed by atoms with van der Waals surface area (Å²) in [6, 6.07) is 15.5. The van der Waals surface area contributed by atoms with Crippen molar-refractivity contribution in [1.82, 2.24) is 4.98 Å². The van der Waals surface area contributed by atoms with Crippen molar-refractivity contribution in [3.05, 3.63) is 59.8 Å². The molecule has 2 amide bonds. The summed E-state index contributed by atoms with van der Waals surface area (Å²) in [6.07, 6.45) is 3.29. The molecule has 2 aliphatic carbocycles. The van der Waals surface area contributed by atoms with Gasteiger partial charge in [-0.15, -0.1) is 0 Å². The number of para-hydroxylation sites is 1. The van der Waals surface area contributed by atoms with Gasteiger partial charge in [-0.1, -0.05) is 38.0 Å². The zero-order valence-electron chi connectivity index (χ0n) is 17.8. The summed E-state index contributed by atoms with van der Waals surface area (Å²) in [7, 11) is 1.61. The second-order valence-corrected chi connectivity index (χ2v) is 9.31. The summed E-state index contributed by atoms with van der Waals surface area (Å²) in [5.41, 5.74) is 3.94. The number of anilines is 1. The predicted octanol–water partition coefficient (Wildman–Crippen LogP) is 4.98. The fourth-order valence-electron chi connectivity index (χ4n) is 6.56. The maximum absolute atomic E-state index is 13.8. The molecule has 0 bridgehead atoms. The van der Waals surface area contributed by atoms with Crippen LogP contribution in [-0.4, -0.2) is 23.9 Å². The summed E-state index contributed by atoms with van der Waals surface area (Å²) in [4.78, 5) is 32.5. The Morgan fingerprint density at radius 3 is 2.52 bits per heavy atom. The first-order chi connectivity index (χ1) is 15.1. The molecule has 3 aromatic rings. The minimum Gasteiger partial charge on any atom is -0.497 e. The van der Waals surface area contributed by atoms with Crippen LogP contribution < -0.4 is 9.64 Å². The topological polar surface area (TPSA) is 62.4 Å². The number of imide groups is 1. The minimum absolute atomic E-state index is 0.0476. The Balaban J connectivity index is 1.54. The summed E-state index contributed by atoms with van der Waals surface area (Å²) in [6.45, 7) is 2.31. The van der Waals surface area contributed by atoms with Gasteiger partial charge < -0.3 is 9.72 Å². The lowest BCUT2D eigenvalue weighted by molar-refractivity contribution is -0.123. The molecule has 1 saturated heterocycles. The SMILES string of the molecule is COc1ccc(N2C(=O)C3c4[nH]c5ccccc5c4C4C(C)CCCC4C3C2=O)cc1. The molecule has 5 atom stereocenters. The van der Waals surface area contributed by atoms with Gasteiger partial charge in [0.05, 0.1) is 24.6 Å². The minimum atomic E-state index is -0.427. The van der Waals surface area contributed by atoms with Crippen LogP contribution in [0.5, 0.6) is 5.75 Å². The number of fused-ring (bicyclic) bond motifs is 8. The first-order valence-corrected chi connectivity index (χ1v) is 11.2. The Morgan fingerprint density at radius 1 is 0.968 bits per heavy atom. The van der Waals surface area contributed by atoms with Crippen LogP contribution in [0.4, 0.5) is 5.69 Å². The van der Waals surface area contributed by atoms with Crippen molar-refractivity contribution in [3.63, 3.8) is 0 Å². The summed E-state index contributed by atoms with van der Waals surface area (Å²) < 4.78 is 5.25. The molecule has 2 heterocycles. The van der Waals surface area contributed by atoms with Crippen molar-refractivity contribution < 1.29 is 14.3 Å². The number of hydrogen-bond acceptors (Lipinski definition) is 3. The summed E-state index contributed by atoms with van der Waals surface area (Å²) in [5.74, 6) is 0.855. The molecule has 158 valence electrons. The third-order valence-corrected chi connectivity index (χ3v) is 7.84. The van der Waals surface area contributed by atoms with E-state index in [1.165, 1.54) is 22.3 Å². The smallest absolute Gasteiger partial charge is 0.243 e. The lowest BCUT2D eigenvalue weighted by Gasteiger charge is -2.44. The second kappa shape index (κ2) is 6.71. The molecule has 2 aromatic carbocycles. The number of benzene rings is 2. The number of amides is 2. The number of H-pyrrole nitrogens is 1. The van der Waals surface area contributed by atoms with Gasteiger partial charge in [0.15, 0.2) is 0 Å². The Morgan fingerprint density at radius 2 is 1.74 bits per heavy atom. The highest BCUT2D eigenvalue weighted by molar-refractivity contribution is 6.24. The van der Waals surface area contributed by atoms with Crippen LogP contribution in [0.25, 0.3) is 10.9 Å². The molecular weight excluding hydrogens is 388 g/mol. The quantitative estimate of drug-likeness (QED) is 0.602. The molecule has 3 aliphatic rings. The van der Waals surface area contributed by atoms with Crippen molar-refractivity contribution in [3.8, 4) is 5.75 Å². The molecule has 1 aromatic heterocycles. The number of ether oxygens (including phenoxy) is 1. The lowest BCUT2D eigenvalue weighted by Crippen LogP contribution is -2.40. The van der Waals surface area contributed by atoms with Crippen LogP contribution in [0.3, 0.4) is 0 Å². The standard InChI is InChI=1S/C26H26N2O3/c1-14-6-5-8-18-20(14)21-17-7-3-4-9-19(17)27-24(21)23-22(18)25(29)28(26(23)30)15-10-12-16(31-2)13-11-15/h3-4,7,9-14,18,20,22-23,27H,5-6,8H2,1-2H3. The maximum atomic E-state index is 13.8. The van der Waals surface area contributed by atoms with E-state index in [-0.39, 0.29) is 23.7 Å². The van der Waals surface area contributed by atoms with Crippen molar-refractivity contribution in [2.75, 3.05) is 12.0 Å². The van der Waals surface area contributed by atoms with Crippen LogP contribution in [0.1, 0.15) is 49.3 Å². The van der Waals surface area contributed by atoms with Crippen molar-refractivity contribution in [1.29, 1.82) is 0 Å². The third-order valence-electron chi connectivity index (χ3n) is 7.84. The van der Waals surface area contributed by atoms with E-state index in [1.807, 2.05) is 6.07 Å². The number of aromatic nitrogens is 1. The Bertz CT molecular complexity index is 1200. The Labute approximate surface area is 181 Å². The normalized spacial score (nSPS) is 29.6. The largest absolute Gasteiger partial charge is 0.497 e. The highest BCUT2D eigenvalue weighted by atomic mass is 16.5. The van der Waals surface area contributed by atoms with Gasteiger partial charge in [-0.25, -0.2) is 4.90 Å². The van der Waals surface area contributed by atoms with Gasteiger partial charge in [-0.3, -0.25) is 9.59 Å². The molecule has 0 spiro atoms. The zero-order valence-corrected chi connectivity index (χ0v) is 17.8. The van der Waals surface area contributed by atoms with Gasteiger partial charge in [-0.2, -0.15) is 0 Å². The van der Waals surface area contributed by atoms with Gasteiger partial charge in [0.1, 0.15) is 5.75 Å². The van der Waals surface area contributed by atoms with Crippen LogP contribution in [0.2, 0.25) is 0 Å². The van der Waals surface area contributed by atoms with Crippen molar-refractivity contribution in [2.24, 2.45) is 17.8 Å². The van der Waals surface area contributed by atoms with Gasteiger partial charge in [0, 0.05) is 16.6 Å². The maximum Gasteiger partial charge on any atom is 0.243 e. The Hall–Kier alpha value is -3.08. The summed E-state index contributed by atoms with van der Waals surface area (Å²) in [5, 5.41) is 1.21. The van der Waals surface area contributed by atoms with Crippen LogP contribution >= 0.6 is 0 Å². The fourth-order valence-corrected chi connectivity index (χ4v) is 6.56. The van der Waals surface area contributed by atoms with Gasteiger partial charge in [-0.05, 0) is 60.1 Å². The Kier molecular flexibility index (Phi) is 4.04. The number of hydrogen-bond donors (Lipinski definition) is 1. The number of carbonyl (C=O) groups excluding carboxylic acids is 2. The molecule has 1 N–H and O–H groups in total. The monoisotopic (exact) mass is 414 g/mol. The highest BCUT2D eigenvalue weighted by Crippen LogP contribution is 2.59. The van der Waals surface area contributed by atoms with E-state index < -0.39 is 5.92 Å². The molecule has 5 unspecified atom stereocenters. The second-order valence-electron chi connectivity index (χ2n) is 9.31. The number of nitrogens with one attached hydrogen (secondary N) is 1. The molecule has 1 aliphatic heterocycles. The number of rotatable bonds is 2. The van der Waals surface area contributed by atoms with E-state index in [1.54, 1.807) is 31.4 Å². The van der Waals surface area contributed by atoms with Crippen LogP contribution in [0, 0.1) is 17.8 Å². The first-order valence-electron chi connectivity index (χ1n) is 11.2. The molecule has 6 rings (SSSR count). The first kappa shape index (κ1) is 18.7. The van der Waals surface area contributed by atoms with Gasteiger partial charge in [0.25, 0.3) is 0 Å². The average molecular weight is 415 g/mol. The highest BCUT2D eigenvalue weighted by Gasteiger charge is 2.59. The van der Waals surface area contributed by atoms with Crippen molar-refractivity contribution >= 4 is 28.4 Å².